The number of carbonyl (C=O) groups is 2. The zero-order valence-electron chi connectivity index (χ0n) is 13.6. The van der Waals surface area contributed by atoms with E-state index in [9.17, 15) is 9.59 Å². The average molecular weight is 354 g/mol. The number of hydrogen-bond acceptors (Lipinski definition) is 4. The first-order chi connectivity index (χ1) is 11.2. The fourth-order valence-corrected chi connectivity index (χ4v) is 3.04. The third-order valence-electron chi connectivity index (χ3n) is 4.25. The smallest absolute Gasteiger partial charge is 0.258 e. The van der Waals surface area contributed by atoms with E-state index in [-0.39, 0.29) is 36.9 Å². The van der Waals surface area contributed by atoms with E-state index in [2.05, 4.69) is 10.6 Å². The molecule has 0 radical (unpaired) electrons. The van der Waals surface area contributed by atoms with E-state index in [4.69, 9.17) is 4.74 Å². The summed E-state index contributed by atoms with van der Waals surface area (Å²) in [5.41, 5.74) is 0.887. The number of nitrogens with one attached hydrogen (secondary N) is 2. The van der Waals surface area contributed by atoms with Gasteiger partial charge in [-0.05, 0) is 50.1 Å². The number of amides is 2. The highest BCUT2D eigenvalue weighted by Crippen LogP contribution is 2.23. The van der Waals surface area contributed by atoms with Crippen LogP contribution in [0, 0.1) is 0 Å². The minimum Gasteiger partial charge on any atom is -0.484 e. The molecule has 2 amide bonds. The zero-order valence-corrected chi connectivity index (χ0v) is 14.4. The van der Waals surface area contributed by atoms with Crippen LogP contribution >= 0.6 is 12.4 Å². The van der Waals surface area contributed by atoms with Crippen LogP contribution < -0.4 is 20.3 Å². The molecule has 1 aromatic carbocycles. The van der Waals surface area contributed by atoms with Crippen LogP contribution in [-0.2, 0) is 9.59 Å². The second-order valence-electron chi connectivity index (χ2n) is 6.04. The number of piperidine rings is 1. The van der Waals surface area contributed by atoms with Gasteiger partial charge in [0.15, 0.2) is 6.61 Å². The van der Waals surface area contributed by atoms with Gasteiger partial charge in [-0.1, -0.05) is 0 Å². The number of anilines is 1. The summed E-state index contributed by atoms with van der Waals surface area (Å²) in [6.45, 7) is 2.63. The van der Waals surface area contributed by atoms with Crippen molar-refractivity contribution in [2.24, 2.45) is 0 Å². The molecule has 0 spiro atoms. The molecule has 0 aliphatic carbocycles. The van der Waals surface area contributed by atoms with Crippen LogP contribution in [0.3, 0.4) is 0 Å². The maximum absolute atomic E-state index is 11.9. The maximum atomic E-state index is 11.9. The summed E-state index contributed by atoms with van der Waals surface area (Å²) < 4.78 is 5.52. The zero-order chi connectivity index (χ0) is 16.1. The van der Waals surface area contributed by atoms with Crippen molar-refractivity contribution in [1.82, 2.24) is 10.6 Å². The second kappa shape index (κ2) is 8.89. The number of halogens is 1. The lowest BCUT2D eigenvalue weighted by Crippen LogP contribution is -2.46. The number of nitrogens with zero attached hydrogens (tertiary/aromatic N) is 1. The van der Waals surface area contributed by atoms with Crippen molar-refractivity contribution < 1.29 is 14.3 Å². The third kappa shape index (κ3) is 4.85. The van der Waals surface area contributed by atoms with Crippen molar-refractivity contribution in [3.63, 3.8) is 0 Å². The molecule has 2 saturated heterocycles. The summed E-state index contributed by atoms with van der Waals surface area (Å²) in [5.74, 6) is 0.703. The van der Waals surface area contributed by atoms with Crippen LogP contribution in [0.15, 0.2) is 24.3 Å². The highest BCUT2D eigenvalue weighted by atomic mass is 35.5. The molecule has 24 heavy (non-hydrogen) atoms. The SMILES string of the molecule is Cl.O=C(COc1ccc(N2CCCC2=O)cc1)N[C@H]1CCCNC1. The average Bonchev–Trinajstić information content (AvgIpc) is 3.00. The second-order valence-corrected chi connectivity index (χ2v) is 6.04. The predicted molar refractivity (Wildman–Crippen MR) is 94.8 cm³/mol. The summed E-state index contributed by atoms with van der Waals surface area (Å²) in [4.78, 5) is 25.4. The van der Waals surface area contributed by atoms with Gasteiger partial charge in [-0.2, -0.15) is 0 Å². The monoisotopic (exact) mass is 353 g/mol. The third-order valence-corrected chi connectivity index (χ3v) is 4.25. The molecule has 7 heteroatoms. The Morgan fingerprint density at radius 3 is 2.71 bits per heavy atom. The molecule has 2 aliphatic rings. The fourth-order valence-electron chi connectivity index (χ4n) is 3.04. The first kappa shape index (κ1) is 18.5. The molecule has 2 N–H and O–H groups in total. The van der Waals surface area contributed by atoms with Crippen LogP contribution in [0.25, 0.3) is 0 Å². The van der Waals surface area contributed by atoms with Crippen molar-refractivity contribution in [3.05, 3.63) is 24.3 Å². The first-order valence-corrected chi connectivity index (χ1v) is 8.26. The van der Waals surface area contributed by atoms with Crippen LogP contribution in [0.4, 0.5) is 5.69 Å². The van der Waals surface area contributed by atoms with Gasteiger partial charge in [-0.15, -0.1) is 12.4 Å². The normalized spacial score (nSPS) is 20.4. The molecule has 132 valence electrons. The van der Waals surface area contributed by atoms with Crippen LogP contribution in [-0.4, -0.2) is 44.1 Å². The van der Waals surface area contributed by atoms with E-state index in [1.54, 1.807) is 17.0 Å². The highest BCUT2D eigenvalue weighted by Gasteiger charge is 2.21. The van der Waals surface area contributed by atoms with Gasteiger partial charge in [0.25, 0.3) is 5.91 Å². The summed E-state index contributed by atoms with van der Waals surface area (Å²) in [6.07, 6.45) is 3.63. The van der Waals surface area contributed by atoms with Gasteiger partial charge < -0.3 is 20.3 Å². The number of ether oxygens (including phenoxy) is 1. The lowest BCUT2D eigenvalue weighted by molar-refractivity contribution is -0.124. The molecule has 0 bridgehead atoms. The van der Waals surface area contributed by atoms with Gasteiger partial charge in [0.2, 0.25) is 5.91 Å². The standard InChI is InChI=1S/C17H23N3O3.ClH/c21-16(19-13-3-1-9-18-11-13)12-23-15-7-5-14(6-8-15)20-10-2-4-17(20)22;/h5-8,13,18H,1-4,9-12H2,(H,19,21);1H/t13-;/m0./s1. The van der Waals surface area contributed by atoms with Gasteiger partial charge >= 0.3 is 0 Å². The molecular weight excluding hydrogens is 330 g/mol. The first-order valence-electron chi connectivity index (χ1n) is 8.26. The van der Waals surface area contributed by atoms with Crippen molar-refractivity contribution in [1.29, 1.82) is 0 Å². The van der Waals surface area contributed by atoms with Gasteiger partial charge in [0.1, 0.15) is 5.75 Å². The molecule has 3 rings (SSSR count). The van der Waals surface area contributed by atoms with Crippen LogP contribution in [0.1, 0.15) is 25.7 Å². The number of rotatable bonds is 5. The summed E-state index contributed by atoms with van der Waals surface area (Å²) in [7, 11) is 0. The maximum Gasteiger partial charge on any atom is 0.258 e. The summed E-state index contributed by atoms with van der Waals surface area (Å²) in [5, 5.41) is 6.23. The topological polar surface area (TPSA) is 70.7 Å². The highest BCUT2D eigenvalue weighted by molar-refractivity contribution is 5.95. The predicted octanol–water partition coefficient (Wildman–Crippen LogP) is 1.48. The van der Waals surface area contributed by atoms with Crippen LogP contribution in [0.2, 0.25) is 0 Å². The molecule has 0 saturated carbocycles. The van der Waals surface area contributed by atoms with Gasteiger partial charge in [-0.3, -0.25) is 9.59 Å². The van der Waals surface area contributed by atoms with Gasteiger partial charge in [-0.25, -0.2) is 0 Å². The molecule has 2 aliphatic heterocycles. The Labute approximate surface area is 148 Å². The van der Waals surface area contributed by atoms with Gasteiger partial charge in [0.05, 0.1) is 0 Å². The van der Waals surface area contributed by atoms with E-state index in [0.717, 1.165) is 44.6 Å². The fraction of sp³-hybridized carbons (Fsp3) is 0.529. The molecule has 2 fully saturated rings. The summed E-state index contributed by atoms with van der Waals surface area (Å²) >= 11 is 0. The number of hydrogen-bond donors (Lipinski definition) is 2. The largest absolute Gasteiger partial charge is 0.484 e. The lowest BCUT2D eigenvalue weighted by Gasteiger charge is -2.23. The Morgan fingerprint density at radius 2 is 2.08 bits per heavy atom. The minimum absolute atomic E-state index is 0. The Bertz CT molecular complexity index is 559. The van der Waals surface area contributed by atoms with Crippen LogP contribution in [0.5, 0.6) is 5.75 Å². The molecular formula is C17H24ClN3O3. The number of carbonyl (C=O) groups excluding carboxylic acids is 2. The van der Waals surface area contributed by atoms with Crippen molar-refractivity contribution in [2.75, 3.05) is 31.1 Å². The van der Waals surface area contributed by atoms with E-state index < -0.39 is 0 Å². The Hall–Kier alpha value is -1.79. The number of benzene rings is 1. The van der Waals surface area contributed by atoms with Gasteiger partial charge in [0, 0.05) is 31.2 Å². The van der Waals surface area contributed by atoms with E-state index in [1.807, 2.05) is 12.1 Å². The molecule has 1 aromatic rings. The van der Waals surface area contributed by atoms with E-state index >= 15 is 0 Å². The van der Waals surface area contributed by atoms with E-state index in [0.29, 0.717) is 12.2 Å². The molecule has 0 unspecified atom stereocenters. The summed E-state index contributed by atoms with van der Waals surface area (Å²) in [6, 6.07) is 7.53. The van der Waals surface area contributed by atoms with Crippen molar-refractivity contribution in [2.45, 2.75) is 31.7 Å². The van der Waals surface area contributed by atoms with Crippen molar-refractivity contribution in [3.8, 4) is 5.75 Å². The van der Waals surface area contributed by atoms with Crippen molar-refractivity contribution >= 4 is 29.9 Å². The molecule has 6 nitrogen and oxygen atoms in total. The lowest BCUT2D eigenvalue weighted by atomic mass is 10.1. The Balaban J connectivity index is 0.00000208. The quantitative estimate of drug-likeness (QED) is 0.841. The molecule has 0 aromatic heterocycles. The molecule has 2 heterocycles. The Kier molecular flexibility index (Phi) is 6.87. The van der Waals surface area contributed by atoms with E-state index in [1.165, 1.54) is 0 Å². The minimum atomic E-state index is -0.0995. The Morgan fingerprint density at radius 1 is 1.29 bits per heavy atom. The molecule has 1 atom stereocenters.